The lowest BCUT2D eigenvalue weighted by atomic mass is 9.97. The Morgan fingerprint density at radius 3 is 2.36 bits per heavy atom. The number of amides is 4. The van der Waals surface area contributed by atoms with Gasteiger partial charge in [0.15, 0.2) is 6.80 Å². The Balaban J connectivity index is 1.48. The third kappa shape index (κ3) is 4.53. The second-order valence-corrected chi connectivity index (χ2v) is 9.44. The van der Waals surface area contributed by atoms with Crippen LogP contribution in [0, 0.1) is 5.82 Å². The number of hydrazine groups is 1. The number of rotatable bonds is 5. The first-order valence-corrected chi connectivity index (χ1v) is 12.3. The van der Waals surface area contributed by atoms with E-state index >= 15 is 0 Å². The quantitative estimate of drug-likeness (QED) is 0.644. The van der Waals surface area contributed by atoms with E-state index in [1.54, 1.807) is 29.2 Å². The van der Waals surface area contributed by atoms with Crippen LogP contribution in [-0.4, -0.2) is 69.8 Å². The molecule has 0 spiro atoms. The lowest BCUT2D eigenvalue weighted by molar-refractivity contribution is -0.197. The van der Waals surface area contributed by atoms with Gasteiger partial charge in [-0.05, 0) is 36.1 Å². The number of carbonyl (C=O) groups excluding carboxylic acids is 3. The molecule has 2 saturated heterocycles. The van der Waals surface area contributed by atoms with Crippen LogP contribution in [0.5, 0.6) is 0 Å². The Morgan fingerprint density at radius 2 is 1.69 bits per heavy atom. The average molecular weight is 498 g/mol. The van der Waals surface area contributed by atoms with E-state index in [0.717, 1.165) is 30.7 Å². The van der Waals surface area contributed by atoms with Gasteiger partial charge in [-0.1, -0.05) is 55.3 Å². The molecule has 1 aliphatic carbocycles. The highest BCUT2D eigenvalue weighted by molar-refractivity contribution is 5.92. The Hall–Kier alpha value is -3.53. The maximum Gasteiger partial charge on any atom is 0.334 e. The molecule has 5 rings (SSSR count). The number of fused-ring (bicyclic) bond motifs is 1. The van der Waals surface area contributed by atoms with Gasteiger partial charge in [0.1, 0.15) is 24.6 Å². The van der Waals surface area contributed by atoms with Gasteiger partial charge in [-0.3, -0.25) is 9.59 Å². The number of halogens is 2. The molecule has 3 aliphatic rings. The summed E-state index contributed by atoms with van der Waals surface area (Å²) in [5.41, 5.74) is 1.33. The van der Waals surface area contributed by atoms with Crippen LogP contribution in [0.3, 0.4) is 0 Å². The van der Waals surface area contributed by atoms with Gasteiger partial charge in [0, 0.05) is 12.6 Å². The fourth-order valence-electron chi connectivity index (χ4n) is 5.52. The Bertz CT molecular complexity index is 1110. The van der Waals surface area contributed by atoms with Crippen molar-refractivity contribution < 1.29 is 23.2 Å². The highest BCUT2D eigenvalue weighted by atomic mass is 19.1. The smallest absolute Gasteiger partial charge is 0.334 e. The predicted molar refractivity (Wildman–Crippen MR) is 127 cm³/mol. The topological polar surface area (TPSA) is 76.2 Å². The Morgan fingerprint density at radius 1 is 1.00 bits per heavy atom. The standard InChI is InChI=1S/C26H29F2N5O3/c27-17-30-16-23(34)32-22(33(30)26(36)29-14-18-10-12-20(28)13-11-18)15-31(21-8-4-5-9-21)25(35)24(32)19-6-2-1-3-7-19/h1-3,6-7,10-13,21-22,24H,4-5,8-9,14-17H2,(H,29,36)/t22-,24-/m0/s1. The van der Waals surface area contributed by atoms with Crippen LogP contribution >= 0.6 is 0 Å². The van der Waals surface area contributed by atoms with Gasteiger partial charge in [0.05, 0.1) is 6.54 Å². The summed E-state index contributed by atoms with van der Waals surface area (Å²) in [4.78, 5) is 43.7. The van der Waals surface area contributed by atoms with Crippen LogP contribution in [0.2, 0.25) is 0 Å². The minimum atomic E-state index is -1.03. The molecular formula is C26H29F2N5O3. The summed E-state index contributed by atoms with van der Waals surface area (Å²) in [6.07, 6.45) is 2.88. The second kappa shape index (κ2) is 10.2. The van der Waals surface area contributed by atoms with E-state index in [4.69, 9.17) is 0 Å². The molecule has 2 atom stereocenters. The molecule has 4 amide bonds. The molecule has 2 heterocycles. The molecule has 2 aliphatic heterocycles. The van der Waals surface area contributed by atoms with Crippen molar-refractivity contribution in [1.82, 2.24) is 25.1 Å². The number of carbonyl (C=O) groups is 3. The first-order chi connectivity index (χ1) is 17.5. The molecule has 0 bridgehead atoms. The van der Waals surface area contributed by atoms with Crippen LogP contribution < -0.4 is 5.32 Å². The van der Waals surface area contributed by atoms with Crippen molar-refractivity contribution in [2.75, 3.05) is 19.9 Å². The van der Waals surface area contributed by atoms with Crippen molar-refractivity contribution in [3.05, 3.63) is 71.5 Å². The number of hydrogen-bond acceptors (Lipinski definition) is 4. The normalized spacial score (nSPS) is 23.2. The molecular weight excluding hydrogens is 468 g/mol. The summed E-state index contributed by atoms with van der Waals surface area (Å²) in [6, 6.07) is 13.3. The maximum atomic E-state index is 14.1. The van der Waals surface area contributed by atoms with Crippen LogP contribution in [-0.2, 0) is 16.1 Å². The lowest BCUT2D eigenvalue weighted by Crippen LogP contribution is -2.74. The zero-order chi connectivity index (χ0) is 25.2. The molecule has 190 valence electrons. The number of alkyl halides is 1. The van der Waals surface area contributed by atoms with Crippen molar-refractivity contribution in [2.45, 2.75) is 50.5 Å². The zero-order valence-corrected chi connectivity index (χ0v) is 19.9. The molecule has 10 heteroatoms. The van der Waals surface area contributed by atoms with E-state index in [-0.39, 0.29) is 37.4 Å². The van der Waals surface area contributed by atoms with Gasteiger partial charge < -0.3 is 15.1 Å². The molecule has 2 aromatic rings. The van der Waals surface area contributed by atoms with Crippen molar-refractivity contribution in [2.24, 2.45) is 0 Å². The first kappa shape index (κ1) is 24.2. The SMILES string of the molecule is O=C1[C@H](c2ccccc2)N2C(=O)CN(CF)N(C(=O)NCc3ccc(F)cc3)[C@H]2CN1C1CCCC1. The Kier molecular flexibility index (Phi) is 6.86. The van der Waals surface area contributed by atoms with E-state index in [1.165, 1.54) is 22.0 Å². The molecule has 0 aromatic heterocycles. The van der Waals surface area contributed by atoms with Crippen molar-refractivity contribution in [1.29, 1.82) is 0 Å². The third-order valence-electron chi connectivity index (χ3n) is 7.25. The molecule has 8 nitrogen and oxygen atoms in total. The minimum Gasteiger partial charge on any atom is -0.334 e. The fourth-order valence-corrected chi connectivity index (χ4v) is 5.52. The van der Waals surface area contributed by atoms with Gasteiger partial charge in [-0.25, -0.2) is 18.6 Å². The molecule has 2 aromatic carbocycles. The number of urea groups is 1. The van der Waals surface area contributed by atoms with Crippen molar-refractivity contribution in [3.8, 4) is 0 Å². The summed E-state index contributed by atoms with van der Waals surface area (Å²) in [5, 5.41) is 5.07. The monoisotopic (exact) mass is 497 g/mol. The summed E-state index contributed by atoms with van der Waals surface area (Å²) in [7, 11) is 0. The van der Waals surface area contributed by atoms with Crippen molar-refractivity contribution >= 4 is 17.8 Å². The van der Waals surface area contributed by atoms with E-state index in [9.17, 15) is 23.2 Å². The number of nitrogens with one attached hydrogen (secondary N) is 1. The van der Waals surface area contributed by atoms with Gasteiger partial charge in [-0.2, -0.15) is 5.01 Å². The summed E-state index contributed by atoms with van der Waals surface area (Å²) >= 11 is 0. The average Bonchev–Trinajstić information content (AvgIpc) is 3.43. The predicted octanol–water partition coefficient (Wildman–Crippen LogP) is 3.18. The lowest BCUT2D eigenvalue weighted by Gasteiger charge is -2.55. The number of benzene rings is 2. The van der Waals surface area contributed by atoms with E-state index in [2.05, 4.69) is 5.32 Å². The van der Waals surface area contributed by atoms with E-state index in [1.807, 2.05) is 18.2 Å². The maximum absolute atomic E-state index is 14.1. The highest BCUT2D eigenvalue weighted by Gasteiger charge is 2.53. The van der Waals surface area contributed by atoms with Crippen LogP contribution in [0.4, 0.5) is 13.6 Å². The second-order valence-electron chi connectivity index (χ2n) is 9.44. The first-order valence-electron chi connectivity index (χ1n) is 12.3. The zero-order valence-electron chi connectivity index (χ0n) is 19.9. The molecule has 0 unspecified atom stereocenters. The fraction of sp³-hybridized carbons (Fsp3) is 0.423. The summed E-state index contributed by atoms with van der Waals surface area (Å²) in [5.74, 6) is -0.962. The van der Waals surface area contributed by atoms with Gasteiger partial charge in [-0.15, -0.1) is 0 Å². The largest absolute Gasteiger partial charge is 0.334 e. The summed E-state index contributed by atoms with van der Waals surface area (Å²) in [6.45, 7) is -1.19. The van der Waals surface area contributed by atoms with Crippen LogP contribution in [0.25, 0.3) is 0 Å². The Labute approximate surface area is 208 Å². The van der Waals surface area contributed by atoms with E-state index in [0.29, 0.717) is 11.1 Å². The number of piperazine rings is 1. The van der Waals surface area contributed by atoms with Crippen LogP contribution in [0.15, 0.2) is 54.6 Å². The molecule has 0 radical (unpaired) electrons. The van der Waals surface area contributed by atoms with Crippen LogP contribution in [0.1, 0.15) is 42.9 Å². The molecule has 3 fully saturated rings. The highest BCUT2D eigenvalue weighted by Crippen LogP contribution is 2.37. The van der Waals surface area contributed by atoms with Gasteiger partial charge >= 0.3 is 6.03 Å². The number of hydrogen-bond donors (Lipinski definition) is 1. The van der Waals surface area contributed by atoms with Gasteiger partial charge in [0.25, 0.3) is 0 Å². The molecule has 36 heavy (non-hydrogen) atoms. The third-order valence-corrected chi connectivity index (χ3v) is 7.25. The summed E-state index contributed by atoms with van der Waals surface area (Å²) < 4.78 is 27.4. The molecule has 1 saturated carbocycles. The van der Waals surface area contributed by atoms with Gasteiger partial charge in [0.2, 0.25) is 11.8 Å². The number of nitrogens with zero attached hydrogens (tertiary/aromatic N) is 4. The van der Waals surface area contributed by atoms with E-state index < -0.39 is 30.9 Å². The molecule has 1 N–H and O–H groups in total. The van der Waals surface area contributed by atoms with Crippen molar-refractivity contribution in [3.63, 3.8) is 0 Å². The minimum absolute atomic E-state index is 0.0193.